The molecule has 1 heterocycles. The number of sulfonamides is 1. The molecule has 1 aromatic rings. The van der Waals surface area contributed by atoms with Crippen molar-refractivity contribution in [3.05, 3.63) is 17.0 Å². The maximum atomic E-state index is 12.0. The van der Waals surface area contributed by atoms with Crippen LogP contribution < -0.4 is 10.0 Å². The van der Waals surface area contributed by atoms with Gasteiger partial charge in [0.25, 0.3) is 0 Å². The molecular weight excluding hydrogens is 268 g/mol. The second-order valence-corrected chi connectivity index (χ2v) is 7.78. The van der Waals surface area contributed by atoms with Crippen molar-refractivity contribution in [1.82, 2.24) is 10.0 Å². The smallest absolute Gasteiger partial charge is 0.250 e. The van der Waals surface area contributed by atoms with E-state index in [0.29, 0.717) is 22.6 Å². The molecule has 2 N–H and O–H groups in total. The van der Waals surface area contributed by atoms with E-state index in [1.165, 1.54) is 11.3 Å². The number of thiophene rings is 1. The third-order valence-corrected chi connectivity index (χ3v) is 6.20. The highest BCUT2D eigenvalue weighted by molar-refractivity contribution is 7.91. The number of nitrogens with one attached hydrogen (secondary N) is 2. The number of rotatable bonds is 7. The molecule has 2 atom stereocenters. The Kier molecular flexibility index (Phi) is 4.42. The molecule has 1 fully saturated rings. The fourth-order valence-electron chi connectivity index (χ4n) is 1.83. The van der Waals surface area contributed by atoms with E-state index in [1.807, 2.05) is 12.3 Å². The van der Waals surface area contributed by atoms with Gasteiger partial charge in [-0.15, -0.1) is 11.3 Å². The van der Waals surface area contributed by atoms with Crippen LogP contribution in [0.25, 0.3) is 0 Å². The van der Waals surface area contributed by atoms with E-state index in [2.05, 4.69) is 17.0 Å². The second kappa shape index (κ2) is 5.69. The number of hydrogen-bond acceptors (Lipinski definition) is 4. The summed E-state index contributed by atoms with van der Waals surface area (Å²) in [5.74, 6) is 1.20. The van der Waals surface area contributed by atoms with Gasteiger partial charge in [-0.3, -0.25) is 0 Å². The van der Waals surface area contributed by atoms with Crippen molar-refractivity contribution >= 4 is 21.4 Å². The van der Waals surface area contributed by atoms with Gasteiger partial charge in [0.05, 0.1) is 0 Å². The van der Waals surface area contributed by atoms with Crippen LogP contribution >= 0.6 is 11.3 Å². The molecule has 1 aliphatic carbocycles. The van der Waals surface area contributed by atoms with Crippen LogP contribution in [0.1, 0.15) is 25.8 Å². The van der Waals surface area contributed by atoms with Crippen LogP contribution in [-0.4, -0.2) is 21.5 Å². The molecule has 0 aromatic carbocycles. The molecule has 0 amide bonds. The van der Waals surface area contributed by atoms with Gasteiger partial charge < -0.3 is 5.32 Å². The minimum absolute atomic E-state index is 0.420. The zero-order valence-corrected chi connectivity index (χ0v) is 12.4. The molecule has 1 aliphatic rings. The maximum absolute atomic E-state index is 12.0. The van der Waals surface area contributed by atoms with Gasteiger partial charge >= 0.3 is 0 Å². The van der Waals surface area contributed by atoms with Crippen LogP contribution in [0.4, 0.5) is 0 Å². The Morgan fingerprint density at radius 3 is 2.83 bits per heavy atom. The predicted octanol–water partition coefficient (Wildman–Crippen LogP) is 1.79. The molecule has 0 radical (unpaired) electrons. The molecule has 2 unspecified atom stereocenters. The van der Waals surface area contributed by atoms with Gasteiger partial charge in [-0.1, -0.05) is 13.8 Å². The fourth-order valence-corrected chi connectivity index (χ4v) is 4.18. The summed E-state index contributed by atoms with van der Waals surface area (Å²) in [6.45, 7) is 6.36. The van der Waals surface area contributed by atoms with Crippen LogP contribution in [0.2, 0.25) is 0 Å². The van der Waals surface area contributed by atoms with Gasteiger partial charge in [0.2, 0.25) is 10.0 Å². The third-order valence-electron chi connectivity index (χ3n) is 3.29. The first-order valence-electron chi connectivity index (χ1n) is 6.30. The fraction of sp³-hybridized carbons (Fsp3) is 0.667. The largest absolute Gasteiger partial charge is 0.313 e. The molecular formula is C12H20N2O2S2. The Morgan fingerprint density at radius 1 is 1.50 bits per heavy atom. The van der Waals surface area contributed by atoms with E-state index in [9.17, 15) is 8.42 Å². The van der Waals surface area contributed by atoms with E-state index in [-0.39, 0.29) is 0 Å². The molecule has 0 aliphatic heterocycles. The van der Waals surface area contributed by atoms with E-state index >= 15 is 0 Å². The van der Waals surface area contributed by atoms with Gasteiger partial charge in [-0.2, -0.15) is 0 Å². The topological polar surface area (TPSA) is 58.2 Å². The Balaban J connectivity index is 1.93. The lowest BCUT2D eigenvalue weighted by molar-refractivity contribution is 0.576. The summed E-state index contributed by atoms with van der Waals surface area (Å²) in [6, 6.07) is 1.76. The van der Waals surface area contributed by atoms with Crippen molar-refractivity contribution in [2.75, 3.05) is 13.1 Å². The lowest BCUT2D eigenvalue weighted by Gasteiger charge is -2.03. The average Bonchev–Trinajstić information content (AvgIpc) is 2.84. The van der Waals surface area contributed by atoms with Crippen molar-refractivity contribution in [3.63, 3.8) is 0 Å². The second-order valence-electron chi connectivity index (χ2n) is 4.88. The minimum Gasteiger partial charge on any atom is -0.313 e. The van der Waals surface area contributed by atoms with E-state index in [1.54, 1.807) is 6.07 Å². The van der Waals surface area contributed by atoms with Gasteiger partial charge in [0.1, 0.15) is 4.21 Å². The molecule has 2 rings (SSSR count). The summed E-state index contributed by atoms with van der Waals surface area (Å²) in [4.78, 5) is 0. The van der Waals surface area contributed by atoms with Crippen molar-refractivity contribution in [1.29, 1.82) is 0 Å². The van der Waals surface area contributed by atoms with Gasteiger partial charge in [0.15, 0.2) is 0 Å². The lowest BCUT2D eigenvalue weighted by atomic mass is 10.3. The predicted molar refractivity (Wildman–Crippen MR) is 74.2 cm³/mol. The monoisotopic (exact) mass is 288 g/mol. The highest BCUT2D eigenvalue weighted by Gasteiger charge is 2.33. The van der Waals surface area contributed by atoms with Gasteiger partial charge in [-0.25, -0.2) is 13.1 Å². The highest BCUT2D eigenvalue weighted by atomic mass is 32.2. The van der Waals surface area contributed by atoms with Gasteiger partial charge in [-0.05, 0) is 41.8 Å². The summed E-state index contributed by atoms with van der Waals surface area (Å²) in [6.07, 6.45) is 1.14. The van der Waals surface area contributed by atoms with Crippen LogP contribution in [0.5, 0.6) is 0 Å². The third kappa shape index (κ3) is 3.54. The summed E-state index contributed by atoms with van der Waals surface area (Å²) >= 11 is 1.29. The van der Waals surface area contributed by atoms with Crippen molar-refractivity contribution in [2.45, 2.75) is 31.0 Å². The Morgan fingerprint density at radius 2 is 2.22 bits per heavy atom. The Bertz CT molecular complexity index is 496. The molecule has 1 saturated carbocycles. The van der Waals surface area contributed by atoms with E-state index < -0.39 is 10.0 Å². The molecule has 102 valence electrons. The maximum Gasteiger partial charge on any atom is 0.250 e. The summed E-state index contributed by atoms with van der Waals surface area (Å²) in [7, 11) is -3.30. The zero-order valence-electron chi connectivity index (χ0n) is 10.8. The minimum atomic E-state index is -3.30. The lowest BCUT2D eigenvalue weighted by Crippen LogP contribution is -2.25. The molecule has 4 nitrogen and oxygen atoms in total. The van der Waals surface area contributed by atoms with E-state index in [0.717, 1.165) is 25.1 Å². The average molecular weight is 288 g/mol. The van der Waals surface area contributed by atoms with Crippen LogP contribution in [0, 0.1) is 11.8 Å². The Hall–Kier alpha value is -0.430. The first-order valence-corrected chi connectivity index (χ1v) is 8.67. The molecule has 0 bridgehead atoms. The quantitative estimate of drug-likeness (QED) is 0.804. The van der Waals surface area contributed by atoms with Crippen molar-refractivity contribution in [2.24, 2.45) is 11.8 Å². The standard InChI is InChI=1S/C12H20N2O2S2/c1-3-13-6-10-5-12(17-8-10)18(15,16)14-7-11-4-9(11)2/h5,8-9,11,13-14H,3-4,6-7H2,1-2H3. The number of hydrogen-bond donors (Lipinski definition) is 2. The molecule has 0 saturated heterocycles. The molecule has 18 heavy (non-hydrogen) atoms. The zero-order chi connectivity index (χ0) is 13.2. The van der Waals surface area contributed by atoms with Crippen molar-refractivity contribution in [3.8, 4) is 0 Å². The molecule has 1 aromatic heterocycles. The summed E-state index contributed by atoms with van der Waals surface area (Å²) in [5.41, 5.74) is 1.03. The molecule has 0 spiro atoms. The first-order chi connectivity index (χ1) is 8.53. The molecule has 6 heteroatoms. The SMILES string of the molecule is CCNCc1csc(S(=O)(=O)NCC2CC2C)c1. The first kappa shape index (κ1) is 14.0. The van der Waals surface area contributed by atoms with E-state index in [4.69, 9.17) is 0 Å². The Labute approximate surface area is 113 Å². The summed E-state index contributed by atoms with van der Waals surface area (Å²) in [5, 5.41) is 5.09. The van der Waals surface area contributed by atoms with Crippen LogP contribution in [-0.2, 0) is 16.6 Å². The van der Waals surface area contributed by atoms with Crippen LogP contribution in [0.3, 0.4) is 0 Å². The van der Waals surface area contributed by atoms with Crippen LogP contribution in [0.15, 0.2) is 15.7 Å². The summed E-state index contributed by atoms with van der Waals surface area (Å²) < 4.78 is 27.2. The highest BCUT2D eigenvalue weighted by Crippen LogP contribution is 2.37. The van der Waals surface area contributed by atoms with Crippen molar-refractivity contribution < 1.29 is 8.42 Å². The normalized spacial score (nSPS) is 23.2. The van der Waals surface area contributed by atoms with Gasteiger partial charge in [0, 0.05) is 13.1 Å².